The van der Waals surface area contributed by atoms with Gasteiger partial charge in [0, 0.05) is 11.3 Å². The number of hydrazine groups is 1. The second kappa shape index (κ2) is 6.04. The van der Waals surface area contributed by atoms with Crippen LogP contribution < -0.4 is 16.6 Å². The van der Waals surface area contributed by atoms with E-state index in [1.807, 2.05) is 0 Å². The van der Waals surface area contributed by atoms with Gasteiger partial charge in [0.05, 0.1) is 5.02 Å². The molecule has 4 N–H and O–H groups in total. The van der Waals surface area contributed by atoms with Gasteiger partial charge in [-0.2, -0.15) is 0 Å². The van der Waals surface area contributed by atoms with E-state index < -0.39 is 11.7 Å². The first kappa shape index (κ1) is 14.5. The first-order valence-corrected chi connectivity index (χ1v) is 6.16. The van der Waals surface area contributed by atoms with Crippen LogP contribution in [0.4, 0.5) is 15.9 Å². The molecule has 8 heteroatoms. The minimum atomic E-state index is -0.624. The summed E-state index contributed by atoms with van der Waals surface area (Å²) in [6.45, 7) is 0. The summed E-state index contributed by atoms with van der Waals surface area (Å²) in [5, 5.41) is 2.59. The Morgan fingerprint density at radius 1 is 1.25 bits per heavy atom. The molecule has 0 atom stereocenters. The van der Waals surface area contributed by atoms with E-state index in [9.17, 15) is 9.18 Å². The Morgan fingerprint density at radius 2 is 2.00 bits per heavy atom. The molecule has 2 rings (SSSR count). The van der Waals surface area contributed by atoms with Crippen molar-refractivity contribution in [1.82, 2.24) is 4.98 Å². The van der Waals surface area contributed by atoms with E-state index in [0.717, 1.165) is 6.07 Å². The molecule has 2 aromatic rings. The maximum Gasteiger partial charge on any atom is 0.255 e. The molecule has 1 aromatic heterocycles. The molecular formula is C12H9Cl2FN4O. The van der Waals surface area contributed by atoms with E-state index in [2.05, 4.69) is 15.7 Å². The van der Waals surface area contributed by atoms with Gasteiger partial charge in [0.1, 0.15) is 16.8 Å². The van der Waals surface area contributed by atoms with E-state index in [1.54, 1.807) is 0 Å². The first-order valence-electron chi connectivity index (χ1n) is 5.40. The molecule has 20 heavy (non-hydrogen) atoms. The van der Waals surface area contributed by atoms with Crippen LogP contribution in [-0.2, 0) is 0 Å². The Hall–Kier alpha value is -1.89. The van der Waals surface area contributed by atoms with Gasteiger partial charge >= 0.3 is 0 Å². The van der Waals surface area contributed by atoms with Crippen molar-refractivity contribution in [2.24, 2.45) is 5.84 Å². The van der Waals surface area contributed by atoms with E-state index in [0.29, 0.717) is 0 Å². The molecule has 104 valence electrons. The number of hydrogen-bond donors (Lipinski definition) is 3. The lowest BCUT2D eigenvalue weighted by atomic mass is 10.2. The van der Waals surface area contributed by atoms with Crippen molar-refractivity contribution in [3.05, 3.63) is 51.9 Å². The van der Waals surface area contributed by atoms with Crippen molar-refractivity contribution >= 4 is 40.6 Å². The number of benzene rings is 1. The zero-order valence-corrected chi connectivity index (χ0v) is 11.5. The molecule has 0 aliphatic carbocycles. The molecule has 0 bridgehead atoms. The summed E-state index contributed by atoms with van der Waals surface area (Å²) >= 11 is 11.3. The molecule has 5 nitrogen and oxygen atoms in total. The quantitative estimate of drug-likeness (QED) is 0.462. The molecular weight excluding hydrogens is 306 g/mol. The van der Waals surface area contributed by atoms with Crippen LogP contribution in [-0.4, -0.2) is 10.9 Å². The smallest absolute Gasteiger partial charge is 0.255 e. The molecule has 1 heterocycles. The lowest BCUT2D eigenvalue weighted by Crippen LogP contribution is -2.14. The average molecular weight is 315 g/mol. The van der Waals surface area contributed by atoms with Crippen LogP contribution in [0.15, 0.2) is 30.3 Å². The summed E-state index contributed by atoms with van der Waals surface area (Å²) in [7, 11) is 0. The standard InChI is InChI=1S/C12H9Cl2FN4O/c13-8-2-1-7(5-9(8)15)17-12(20)6-3-10(14)18-11(4-6)19-16/h1-5H,16H2,(H,17,20)(H,18,19). The van der Waals surface area contributed by atoms with Gasteiger partial charge in [0.2, 0.25) is 0 Å². The van der Waals surface area contributed by atoms with Crippen LogP contribution in [0, 0.1) is 5.82 Å². The highest BCUT2D eigenvalue weighted by Gasteiger charge is 2.10. The number of nitrogens with two attached hydrogens (primary N) is 1. The summed E-state index contributed by atoms with van der Waals surface area (Å²) in [4.78, 5) is 15.8. The number of nitrogens with one attached hydrogen (secondary N) is 2. The lowest BCUT2D eigenvalue weighted by molar-refractivity contribution is 0.102. The number of hydrogen-bond acceptors (Lipinski definition) is 4. The minimum absolute atomic E-state index is 0.0235. The molecule has 0 unspecified atom stereocenters. The number of amides is 1. The van der Waals surface area contributed by atoms with Gasteiger partial charge < -0.3 is 10.7 Å². The average Bonchev–Trinajstić information content (AvgIpc) is 2.42. The highest BCUT2D eigenvalue weighted by molar-refractivity contribution is 6.31. The number of aromatic nitrogens is 1. The maximum atomic E-state index is 13.3. The number of pyridine rings is 1. The summed E-state index contributed by atoms with van der Waals surface area (Å²) < 4.78 is 13.3. The highest BCUT2D eigenvalue weighted by atomic mass is 35.5. The third kappa shape index (κ3) is 3.36. The van der Waals surface area contributed by atoms with E-state index in [1.165, 1.54) is 24.3 Å². The molecule has 1 aromatic carbocycles. The third-order valence-corrected chi connectivity index (χ3v) is 2.88. The molecule has 0 saturated heterocycles. The topological polar surface area (TPSA) is 80.0 Å². The van der Waals surface area contributed by atoms with Gasteiger partial charge in [-0.3, -0.25) is 4.79 Å². The van der Waals surface area contributed by atoms with Crippen molar-refractivity contribution in [3.63, 3.8) is 0 Å². The Labute approximate surface area is 123 Å². The minimum Gasteiger partial charge on any atom is -0.322 e. The predicted octanol–water partition coefficient (Wildman–Crippen LogP) is 3.07. The largest absolute Gasteiger partial charge is 0.322 e. The second-order valence-corrected chi connectivity index (χ2v) is 4.59. The Balaban J connectivity index is 2.23. The molecule has 0 aliphatic heterocycles. The van der Waals surface area contributed by atoms with Crippen molar-refractivity contribution in [3.8, 4) is 0 Å². The van der Waals surface area contributed by atoms with Gasteiger partial charge in [-0.05, 0) is 30.3 Å². The van der Waals surface area contributed by atoms with E-state index in [4.69, 9.17) is 29.0 Å². The fourth-order valence-electron chi connectivity index (χ4n) is 1.48. The Morgan fingerprint density at radius 3 is 2.65 bits per heavy atom. The molecule has 0 spiro atoms. The summed E-state index contributed by atoms with van der Waals surface area (Å²) in [6, 6.07) is 6.72. The van der Waals surface area contributed by atoms with Crippen LogP contribution in [0.3, 0.4) is 0 Å². The first-order chi connectivity index (χ1) is 9.49. The highest BCUT2D eigenvalue weighted by Crippen LogP contribution is 2.20. The number of carbonyl (C=O) groups is 1. The van der Waals surface area contributed by atoms with Crippen LogP contribution in [0.25, 0.3) is 0 Å². The van der Waals surface area contributed by atoms with Gasteiger partial charge in [0.25, 0.3) is 5.91 Å². The predicted molar refractivity (Wildman–Crippen MR) is 76.4 cm³/mol. The number of anilines is 2. The number of rotatable bonds is 3. The number of halogens is 3. The maximum absolute atomic E-state index is 13.3. The summed E-state index contributed by atoms with van der Waals surface area (Å²) in [6.07, 6.45) is 0. The molecule has 0 aliphatic rings. The molecule has 0 fully saturated rings. The zero-order valence-electron chi connectivity index (χ0n) is 9.95. The summed E-state index contributed by atoms with van der Waals surface area (Å²) in [5.41, 5.74) is 2.79. The van der Waals surface area contributed by atoms with Crippen LogP contribution in [0.5, 0.6) is 0 Å². The van der Waals surface area contributed by atoms with Crippen molar-refractivity contribution < 1.29 is 9.18 Å². The number of carbonyl (C=O) groups excluding carboxylic acids is 1. The third-order valence-electron chi connectivity index (χ3n) is 2.38. The lowest BCUT2D eigenvalue weighted by Gasteiger charge is -2.07. The fraction of sp³-hybridized carbons (Fsp3) is 0. The van der Waals surface area contributed by atoms with Gasteiger partial charge in [-0.15, -0.1) is 0 Å². The van der Waals surface area contributed by atoms with Gasteiger partial charge in [0.15, 0.2) is 0 Å². The Kier molecular flexibility index (Phi) is 4.39. The summed E-state index contributed by atoms with van der Waals surface area (Å²) in [5.74, 6) is 4.35. The zero-order chi connectivity index (χ0) is 14.7. The van der Waals surface area contributed by atoms with E-state index >= 15 is 0 Å². The number of nitrogen functional groups attached to an aromatic ring is 1. The van der Waals surface area contributed by atoms with Crippen molar-refractivity contribution in [2.75, 3.05) is 10.7 Å². The van der Waals surface area contributed by atoms with Crippen LogP contribution >= 0.6 is 23.2 Å². The molecule has 1 amide bonds. The SMILES string of the molecule is NNc1cc(C(=O)Nc2ccc(Cl)c(F)c2)cc(Cl)n1. The normalized spacial score (nSPS) is 10.2. The van der Waals surface area contributed by atoms with Crippen molar-refractivity contribution in [1.29, 1.82) is 0 Å². The van der Waals surface area contributed by atoms with E-state index in [-0.39, 0.29) is 27.2 Å². The van der Waals surface area contributed by atoms with Crippen LogP contribution in [0.1, 0.15) is 10.4 Å². The van der Waals surface area contributed by atoms with Gasteiger partial charge in [-0.25, -0.2) is 15.2 Å². The Bertz CT molecular complexity index is 666. The van der Waals surface area contributed by atoms with Gasteiger partial charge in [-0.1, -0.05) is 23.2 Å². The monoisotopic (exact) mass is 314 g/mol. The fourth-order valence-corrected chi connectivity index (χ4v) is 1.81. The van der Waals surface area contributed by atoms with Crippen molar-refractivity contribution in [2.45, 2.75) is 0 Å². The number of nitrogens with zero attached hydrogens (tertiary/aromatic N) is 1. The van der Waals surface area contributed by atoms with Crippen LogP contribution in [0.2, 0.25) is 10.2 Å². The second-order valence-electron chi connectivity index (χ2n) is 3.79. The molecule has 0 saturated carbocycles. The molecule has 0 radical (unpaired) electrons.